The predicted octanol–water partition coefficient (Wildman–Crippen LogP) is 3.21. The molecule has 0 spiro atoms. The first-order valence-electron chi connectivity index (χ1n) is 9.50. The number of aromatic nitrogens is 3. The molecule has 0 saturated heterocycles. The molecule has 26 heavy (non-hydrogen) atoms. The molecule has 2 N–H and O–H groups in total. The van der Waals surface area contributed by atoms with Gasteiger partial charge < -0.3 is 10.6 Å². The van der Waals surface area contributed by atoms with Crippen molar-refractivity contribution in [2.24, 2.45) is 4.99 Å². The zero-order valence-corrected chi connectivity index (χ0v) is 15.5. The lowest BCUT2D eigenvalue weighted by Gasteiger charge is -2.15. The molecule has 0 fully saturated rings. The molecule has 138 valence electrons. The van der Waals surface area contributed by atoms with Crippen molar-refractivity contribution < 1.29 is 0 Å². The summed E-state index contributed by atoms with van der Waals surface area (Å²) in [5.41, 5.74) is 2.69. The second-order valence-electron chi connectivity index (χ2n) is 6.45. The van der Waals surface area contributed by atoms with Gasteiger partial charge in [-0.05, 0) is 62.8 Å². The molecule has 0 aliphatic heterocycles. The molecule has 0 amide bonds. The van der Waals surface area contributed by atoms with Gasteiger partial charge in [0.15, 0.2) is 11.8 Å². The summed E-state index contributed by atoms with van der Waals surface area (Å²) in [7, 11) is 0. The van der Waals surface area contributed by atoms with Crippen molar-refractivity contribution in [3.8, 4) is 5.82 Å². The second kappa shape index (κ2) is 9.75. The Bertz CT molecular complexity index is 733. The van der Waals surface area contributed by atoms with Crippen LogP contribution in [0.5, 0.6) is 0 Å². The average molecular weight is 352 g/mol. The van der Waals surface area contributed by atoms with Crippen molar-refractivity contribution in [2.45, 2.75) is 45.6 Å². The number of hydrogen-bond donors (Lipinski definition) is 2. The number of nitrogens with one attached hydrogen (secondary N) is 2. The summed E-state index contributed by atoms with van der Waals surface area (Å²) >= 11 is 0. The first kappa shape index (κ1) is 18.2. The Morgan fingerprint density at radius 2 is 2.23 bits per heavy atom. The second-order valence-corrected chi connectivity index (χ2v) is 6.45. The van der Waals surface area contributed by atoms with Crippen LogP contribution in [-0.4, -0.2) is 33.8 Å². The summed E-state index contributed by atoms with van der Waals surface area (Å²) in [5.74, 6) is 1.67. The van der Waals surface area contributed by atoms with Gasteiger partial charge in [0.1, 0.15) is 0 Å². The largest absolute Gasteiger partial charge is 0.357 e. The van der Waals surface area contributed by atoms with E-state index in [1.54, 1.807) is 22.6 Å². The van der Waals surface area contributed by atoms with Crippen molar-refractivity contribution in [3.63, 3.8) is 0 Å². The molecule has 1 aliphatic rings. The van der Waals surface area contributed by atoms with E-state index in [9.17, 15) is 0 Å². The van der Waals surface area contributed by atoms with Gasteiger partial charge in [0, 0.05) is 31.7 Å². The van der Waals surface area contributed by atoms with Gasteiger partial charge >= 0.3 is 0 Å². The zero-order chi connectivity index (χ0) is 18.0. The number of aliphatic imine (C=N–C) groups is 1. The van der Waals surface area contributed by atoms with Gasteiger partial charge in [0.05, 0.1) is 6.54 Å². The van der Waals surface area contributed by atoms with E-state index in [1.165, 1.54) is 25.7 Å². The summed E-state index contributed by atoms with van der Waals surface area (Å²) < 4.78 is 1.76. The number of pyridine rings is 1. The molecular formula is C20H28N6. The Balaban J connectivity index is 1.56. The minimum absolute atomic E-state index is 0.606. The van der Waals surface area contributed by atoms with Crippen LogP contribution in [0.1, 0.15) is 44.6 Å². The van der Waals surface area contributed by atoms with E-state index in [4.69, 9.17) is 4.99 Å². The van der Waals surface area contributed by atoms with Crippen LogP contribution in [0.25, 0.3) is 5.82 Å². The van der Waals surface area contributed by atoms with E-state index in [2.05, 4.69) is 33.7 Å². The number of guanidine groups is 1. The van der Waals surface area contributed by atoms with Crippen LogP contribution >= 0.6 is 0 Å². The molecule has 2 heterocycles. The van der Waals surface area contributed by atoms with Crippen LogP contribution in [0.2, 0.25) is 0 Å². The van der Waals surface area contributed by atoms with E-state index in [0.29, 0.717) is 6.54 Å². The van der Waals surface area contributed by atoms with Crippen LogP contribution in [-0.2, 0) is 6.54 Å². The lowest BCUT2D eigenvalue weighted by Crippen LogP contribution is -2.37. The molecule has 6 nitrogen and oxygen atoms in total. The Morgan fingerprint density at radius 1 is 1.27 bits per heavy atom. The molecule has 0 radical (unpaired) electrons. The molecule has 2 aromatic heterocycles. The lowest BCUT2D eigenvalue weighted by atomic mass is 9.97. The predicted molar refractivity (Wildman–Crippen MR) is 105 cm³/mol. The van der Waals surface area contributed by atoms with E-state index < -0.39 is 0 Å². The third-order valence-corrected chi connectivity index (χ3v) is 4.44. The number of allylic oxidation sites excluding steroid dienone is 1. The third-order valence-electron chi connectivity index (χ3n) is 4.44. The Hall–Kier alpha value is -2.63. The lowest BCUT2D eigenvalue weighted by molar-refractivity contribution is 0.665. The first-order valence-corrected chi connectivity index (χ1v) is 9.50. The fraction of sp³-hybridized carbons (Fsp3) is 0.450. The standard InChI is InChI=1S/C20H28N6/c1-2-21-20(23-13-9-17-7-4-3-5-8-17)24-16-18-10-12-22-19(15-18)26-14-6-11-25-26/h6-7,10-12,14-15H,2-5,8-9,13,16H2,1H3,(H2,21,23,24). The summed E-state index contributed by atoms with van der Waals surface area (Å²) in [6.45, 7) is 4.47. The highest BCUT2D eigenvalue weighted by Gasteiger charge is 2.05. The van der Waals surface area contributed by atoms with Gasteiger partial charge in [0.25, 0.3) is 0 Å². The highest BCUT2D eigenvalue weighted by molar-refractivity contribution is 5.79. The maximum atomic E-state index is 4.71. The maximum Gasteiger partial charge on any atom is 0.191 e. The van der Waals surface area contributed by atoms with Crippen molar-refractivity contribution in [1.29, 1.82) is 0 Å². The van der Waals surface area contributed by atoms with Gasteiger partial charge in [-0.3, -0.25) is 0 Å². The van der Waals surface area contributed by atoms with Crippen molar-refractivity contribution in [1.82, 2.24) is 25.4 Å². The number of rotatable bonds is 7. The smallest absolute Gasteiger partial charge is 0.191 e. The summed E-state index contributed by atoms with van der Waals surface area (Å²) in [5, 5.41) is 11.0. The van der Waals surface area contributed by atoms with Crippen LogP contribution in [0.3, 0.4) is 0 Å². The number of nitrogens with zero attached hydrogens (tertiary/aromatic N) is 4. The van der Waals surface area contributed by atoms with Crippen molar-refractivity contribution in [2.75, 3.05) is 13.1 Å². The normalized spacial score (nSPS) is 14.8. The van der Waals surface area contributed by atoms with Gasteiger partial charge in [0.2, 0.25) is 0 Å². The van der Waals surface area contributed by atoms with Gasteiger partial charge in [-0.1, -0.05) is 11.6 Å². The topological polar surface area (TPSA) is 67.1 Å². The highest BCUT2D eigenvalue weighted by atomic mass is 15.3. The van der Waals surface area contributed by atoms with E-state index in [0.717, 1.165) is 36.9 Å². The SMILES string of the molecule is CCNC(=NCc1ccnc(-n2cccn2)c1)NCCC1=CCCCC1. The number of hydrogen-bond acceptors (Lipinski definition) is 3. The van der Waals surface area contributed by atoms with E-state index >= 15 is 0 Å². The molecule has 1 aliphatic carbocycles. The fourth-order valence-electron chi connectivity index (χ4n) is 3.07. The molecule has 3 rings (SSSR count). The Morgan fingerprint density at radius 3 is 3.00 bits per heavy atom. The molecule has 0 bridgehead atoms. The van der Waals surface area contributed by atoms with Crippen LogP contribution in [0.15, 0.2) is 53.4 Å². The minimum Gasteiger partial charge on any atom is -0.357 e. The van der Waals surface area contributed by atoms with Crippen LogP contribution < -0.4 is 10.6 Å². The molecule has 0 unspecified atom stereocenters. The third kappa shape index (κ3) is 5.44. The molecule has 0 atom stereocenters. The Kier molecular flexibility index (Phi) is 6.81. The van der Waals surface area contributed by atoms with Gasteiger partial charge in [-0.15, -0.1) is 0 Å². The van der Waals surface area contributed by atoms with E-state index in [-0.39, 0.29) is 0 Å². The molecular weight excluding hydrogens is 324 g/mol. The summed E-state index contributed by atoms with van der Waals surface area (Å²) in [4.78, 5) is 9.07. The monoisotopic (exact) mass is 352 g/mol. The van der Waals surface area contributed by atoms with Crippen LogP contribution in [0, 0.1) is 0 Å². The Labute approximate surface area is 155 Å². The van der Waals surface area contributed by atoms with Crippen molar-refractivity contribution in [3.05, 3.63) is 54.0 Å². The molecule has 6 heteroatoms. The first-order chi connectivity index (χ1) is 12.8. The fourth-order valence-corrected chi connectivity index (χ4v) is 3.07. The van der Waals surface area contributed by atoms with Gasteiger partial charge in [-0.2, -0.15) is 5.10 Å². The quantitative estimate of drug-likeness (QED) is 0.456. The summed E-state index contributed by atoms with van der Waals surface area (Å²) in [6.07, 6.45) is 14.1. The molecule has 2 aromatic rings. The summed E-state index contributed by atoms with van der Waals surface area (Å²) in [6, 6.07) is 5.90. The zero-order valence-electron chi connectivity index (χ0n) is 15.5. The van der Waals surface area contributed by atoms with Crippen LogP contribution in [0.4, 0.5) is 0 Å². The van der Waals surface area contributed by atoms with Crippen molar-refractivity contribution >= 4 is 5.96 Å². The molecule has 0 saturated carbocycles. The average Bonchev–Trinajstić information content (AvgIpc) is 3.22. The maximum absolute atomic E-state index is 4.71. The molecule has 0 aromatic carbocycles. The highest BCUT2D eigenvalue weighted by Crippen LogP contribution is 2.19. The minimum atomic E-state index is 0.606. The van der Waals surface area contributed by atoms with Gasteiger partial charge in [-0.25, -0.2) is 14.7 Å². The van der Waals surface area contributed by atoms with E-state index in [1.807, 2.05) is 24.4 Å².